The molecule has 0 fully saturated rings. The van der Waals surface area contributed by atoms with Crippen LogP contribution in [-0.4, -0.2) is 39.5 Å². The van der Waals surface area contributed by atoms with Crippen molar-refractivity contribution < 1.29 is 33.2 Å². The Morgan fingerprint density at radius 3 is 2.11 bits per heavy atom. The minimum Gasteiger partial charge on any atom is -0.493 e. The van der Waals surface area contributed by atoms with E-state index in [1.165, 1.54) is 0 Å². The Morgan fingerprint density at radius 2 is 1.39 bits per heavy atom. The number of nitrogens with zero attached hydrogens (tertiary/aromatic N) is 1. The largest absolute Gasteiger partial charge is 0.493 e. The first-order valence-electron chi connectivity index (χ1n) is 11.8. The number of aromatic nitrogens is 1. The Hall–Kier alpha value is -4.66. The van der Waals surface area contributed by atoms with Gasteiger partial charge in [-0.25, -0.2) is 4.79 Å². The van der Waals surface area contributed by atoms with Crippen LogP contribution in [0.15, 0.2) is 54.7 Å². The van der Waals surface area contributed by atoms with Gasteiger partial charge in [-0.1, -0.05) is 6.07 Å². The standard InChI is InChI=1S/C29H30N2O7/c1-17-18(2)23(38-24-11-12-30-22-15-28(36-6)27(35-5)14-20(22)24)10-8-21(17)31-29(32)37-16-19-7-9-25(33-3)26(13-19)34-4/h7-15H,16H2,1-6H3,(H,31,32). The molecule has 3 aromatic carbocycles. The fourth-order valence-corrected chi connectivity index (χ4v) is 3.96. The molecule has 4 aromatic rings. The summed E-state index contributed by atoms with van der Waals surface area (Å²) in [5.41, 5.74) is 3.83. The van der Waals surface area contributed by atoms with Crippen molar-refractivity contribution >= 4 is 22.7 Å². The number of hydrogen-bond acceptors (Lipinski definition) is 8. The molecule has 0 saturated carbocycles. The first-order chi connectivity index (χ1) is 18.4. The van der Waals surface area contributed by atoms with Crippen LogP contribution in [0.3, 0.4) is 0 Å². The number of nitrogens with one attached hydrogen (secondary N) is 1. The molecule has 0 radical (unpaired) electrons. The Kier molecular flexibility index (Phi) is 8.06. The van der Waals surface area contributed by atoms with Gasteiger partial charge in [0.2, 0.25) is 0 Å². The maximum Gasteiger partial charge on any atom is 0.411 e. The van der Waals surface area contributed by atoms with Crippen molar-refractivity contribution in [3.63, 3.8) is 0 Å². The SMILES string of the molecule is COc1ccc(COC(=O)Nc2ccc(Oc3ccnc4cc(OC)c(OC)cc34)c(C)c2C)cc1OC. The molecule has 0 spiro atoms. The lowest BCUT2D eigenvalue weighted by atomic mass is 10.1. The number of anilines is 1. The fourth-order valence-electron chi connectivity index (χ4n) is 3.96. The number of methoxy groups -OCH3 is 4. The lowest BCUT2D eigenvalue weighted by Gasteiger charge is -2.16. The molecule has 0 aliphatic rings. The number of amides is 1. The number of pyridine rings is 1. The number of hydrogen-bond donors (Lipinski definition) is 1. The van der Waals surface area contributed by atoms with Crippen molar-refractivity contribution in [3.05, 3.63) is 71.4 Å². The molecule has 198 valence electrons. The maximum atomic E-state index is 12.5. The minimum absolute atomic E-state index is 0.0782. The van der Waals surface area contributed by atoms with E-state index in [9.17, 15) is 4.79 Å². The van der Waals surface area contributed by atoms with Gasteiger partial charge < -0.3 is 28.4 Å². The first kappa shape index (κ1) is 26.4. The van der Waals surface area contributed by atoms with E-state index in [1.807, 2.05) is 26.0 Å². The number of carbonyl (C=O) groups is 1. The van der Waals surface area contributed by atoms with Crippen molar-refractivity contribution in [1.29, 1.82) is 0 Å². The maximum absolute atomic E-state index is 12.5. The summed E-state index contributed by atoms with van der Waals surface area (Å²) >= 11 is 0. The van der Waals surface area contributed by atoms with Crippen LogP contribution in [0, 0.1) is 13.8 Å². The molecule has 38 heavy (non-hydrogen) atoms. The first-order valence-corrected chi connectivity index (χ1v) is 11.8. The molecule has 0 aliphatic carbocycles. The number of fused-ring (bicyclic) bond motifs is 1. The van der Waals surface area contributed by atoms with Gasteiger partial charge >= 0.3 is 6.09 Å². The Bertz CT molecular complexity index is 1470. The van der Waals surface area contributed by atoms with Gasteiger partial charge in [-0.3, -0.25) is 10.3 Å². The van der Waals surface area contributed by atoms with Crippen molar-refractivity contribution in [2.45, 2.75) is 20.5 Å². The second kappa shape index (κ2) is 11.6. The Morgan fingerprint density at radius 1 is 0.737 bits per heavy atom. The third-order valence-electron chi connectivity index (χ3n) is 6.22. The van der Waals surface area contributed by atoms with Gasteiger partial charge in [0.1, 0.15) is 18.1 Å². The summed E-state index contributed by atoms with van der Waals surface area (Å²) < 4.78 is 33.1. The molecule has 0 atom stereocenters. The predicted molar refractivity (Wildman–Crippen MR) is 144 cm³/mol. The van der Waals surface area contributed by atoms with E-state index in [-0.39, 0.29) is 6.61 Å². The van der Waals surface area contributed by atoms with Crippen LogP contribution >= 0.6 is 0 Å². The van der Waals surface area contributed by atoms with Crippen molar-refractivity contribution in [2.75, 3.05) is 33.8 Å². The van der Waals surface area contributed by atoms with E-state index in [0.29, 0.717) is 45.7 Å². The molecular weight excluding hydrogens is 488 g/mol. The fraction of sp³-hybridized carbons (Fsp3) is 0.241. The summed E-state index contributed by atoms with van der Waals surface area (Å²) in [4.78, 5) is 16.9. The van der Waals surface area contributed by atoms with Crippen LogP contribution < -0.4 is 29.0 Å². The molecular formula is C29H30N2O7. The zero-order valence-corrected chi connectivity index (χ0v) is 22.2. The van der Waals surface area contributed by atoms with Gasteiger partial charge in [-0.05, 0) is 66.9 Å². The van der Waals surface area contributed by atoms with Gasteiger partial charge in [-0.15, -0.1) is 0 Å². The van der Waals surface area contributed by atoms with E-state index in [2.05, 4.69) is 10.3 Å². The van der Waals surface area contributed by atoms with Crippen LogP contribution in [0.1, 0.15) is 16.7 Å². The van der Waals surface area contributed by atoms with Gasteiger partial charge in [0, 0.05) is 23.3 Å². The molecule has 0 saturated heterocycles. The average Bonchev–Trinajstić information content (AvgIpc) is 2.94. The van der Waals surface area contributed by atoms with Crippen LogP contribution in [0.4, 0.5) is 10.5 Å². The molecule has 1 N–H and O–H groups in total. The summed E-state index contributed by atoms with van der Waals surface area (Å²) in [6.07, 6.45) is 1.10. The molecule has 1 aromatic heterocycles. The van der Waals surface area contributed by atoms with Crippen LogP contribution in [0.25, 0.3) is 10.9 Å². The van der Waals surface area contributed by atoms with Crippen LogP contribution in [0.2, 0.25) is 0 Å². The second-order valence-corrected chi connectivity index (χ2v) is 8.39. The summed E-state index contributed by atoms with van der Waals surface area (Å²) in [5, 5.41) is 3.59. The van der Waals surface area contributed by atoms with Gasteiger partial charge in [0.05, 0.1) is 34.0 Å². The number of benzene rings is 3. The van der Waals surface area contributed by atoms with E-state index in [4.69, 9.17) is 28.4 Å². The number of rotatable bonds is 9. The molecule has 9 nitrogen and oxygen atoms in total. The highest BCUT2D eigenvalue weighted by Gasteiger charge is 2.15. The van der Waals surface area contributed by atoms with E-state index in [0.717, 1.165) is 22.1 Å². The van der Waals surface area contributed by atoms with Crippen molar-refractivity contribution in [1.82, 2.24) is 4.98 Å². The molecule has 0 aliphatic heterocycles. The zero-order valence-electron chi connectivity index (χ0n) is 22.2. The molecule has 1 heterocycles. The van der Waals surface area contributed by atoms with Gasteiger partial charge in [0.15, 0.2) is 23.0 Å². The molecule has 1 amide bonds. The number of carbonyl (C=O) groups excluding carboxylic acids is 1. The van der Waals surface area contributed by atoms with Gasteiger partial charge in [-0.2, -0.15) is 0 Å². The lowest BCUT2D eigenvalue weighted by molar-refractivity contribution is 0.155. The quantitative estimate of drug-likeness (QED) is 0.271. The number of ether oxygens (including phenoxy) is 6. The lowest BCUT2D eigenvalue weighted by Crippen LogP contribution is -2.14. The zero-order chi connectivity index (χ0) is 27.2. The second-order valence-electron chi connectivity index (χ2n) is 8.39. The molecule has 9 heteroatoms. The predicted octanol–water partition coefficient (Wildman–Crippen LogP) is 6.43. The third-order valence-corrected chi connectivity index (χ3v) is 6.22. The summed E-state index contributed by atoms with van der Waals surface area (Å²) in [6, 6.07) is 14.4. The highest BCUT2D eigenvalue weighted by Crippen LogP contribution is 2.38. The highest BCUT2D eigenvalue weighted by molar-refractivity contribution is 5.89. The summed E-state index contributed by atoms with van der Waals surface area (Å²) in [6.45, 7) is 3.91. The summed E-state index contributed by atoms with van der Waals surface area (Å²) in [5.74, 6) is 3.60. The van der Waals surface area contributed by atoms with Crippen molar-refractivity contribution in [3.8, 4) is 34.5 Å². The van der Waals surface area contributed by atoms with Crippen LogP contribution in [-0.2, 0) is 11.3 Å². The monoisotopic (exact) mass is 518 g/mol. The molecule has 0 unspecified atom stereocenters. The van der Waals surface area contributed by atoms with Crippen molar-refractivity contribution in [2.24, 2.45) is 0 Å². The Labute approximate surface area is 221 Å². The smallest absolute Gasteiger partial charge is 0.411 e. The normalized spacial score (nSPS) is 10.6. The van der Waals surface area contributed by atoms with E-state index >= 15 is 0 Å². The highest BCUT2D eigenvalue weighted by atomic mass is 16.5. The molecule has 0 bridgehead atoms. The van der Waals surface area contributed by atoms with E-state index < -0.39 is 6.09 Å². The van der Waals surface area contributed by atoms with Gasteiger partial charge in [0.25, 0.3) is 0 Å². The van der Waals surface area contributed by atoms with Crippen LogP contribution in [0.5, 0.6) is 34.5 Å². The van der Waals surface area contributed by atoms with E-state index in [1.54, 1.807) is 71.0 Å². The topological polar surface area (TPSA) is 97.4 Å². The molecule has 4 rings (SSSR count). The minimum atomic E-state index is -0.572. The Balaban J connectivity index is 1.48. The average molecular weight is 519 g/mol. The summed E-state index contributed by atoms with van der Waals surface area (Å²) in [7, 11) is 6.28. The third kappa shape index (κ3) is 5.51.